The smallest absolute Gasteiger partial charge is 0.0875 e. The lowest BCUT2D eigenvalue weighted by atomic mass is 10.1. The molecule has 3 rings (SSSR count). The number of nitrogens with one attached hydrogen (secondary N) is 2. The van der Waals surface area contributed by atoms with Crippen molar-refractivity contribution in [1.29, 1.82) is 0 Å². The SMILES string of the molecule is Cc1cc(Nc2ccccc2)c(Cl)c(Nc2ccccc2)c1. The Morgan fingerprint density at radius 1 is 0.682 bits per heavy atom. The van der Waals surface area contributed by atoms with Crippen molar-refractivity contribution >= 4 is 34.4 Å². The van der Waals surface area contributed by atoms with E-state index in [0.29, 0.717) is 5.02 Å². The van der Waals surface area contributed by atoms with E-state index in [1.54, 1.807) is 0 Å². The van der Waals surface area contributed by atoms with E-state index in [4.69, 9.17) is 11.6 Å². The van der Waals surface area contributed by atoms with Crippen molar-refractivity contribution in [2.24, 2.45) is 0 Å². The molecule has 0 aromatic heterocycles. The molecule has 0 radical (unpaired) electrons. The Balaban J connectivity index is 1.92. The quantitative estimate of drug-likeness (QED) is 0.605. The number of rotatable bonds is 4. The van der Waals surface area contributed by atoms with Gasteiger partial charge in [-0.1, -0.05) is 48.0 Å². The fourth-order valence-electron chi connectivity index (χ4n) is 2.30. The lowest BCUT2D eigenvalue weighted by Crippen LogP contribution is -1.97. The van der Waals surface area contributed by atoms with E-state index in [2.05, 4.69) is 17.6 Å². The summed E-state index contributed by atoms with van der Waals surface area (Å²) in [5.41, 5.74) is 4.96. The second-order valence-electron chi connectivity index (χ2n) is 5.16. The van der Waals surface area contributed by atoms with Crippen molar-refractivity contribution in [3.63, 3.8) is 0 Å². The van der Waals surface area contributed by atoms with Crippen LogP contribution in [0.25, 0.3) is 0 Å². The third-order valence-electron chi connectivity index (χ3n) is 3.32. The zero-order valence-corrected chi connectivity index (χ0v) is 13.1. The van der Waals surface area contributed by atoms with E-state index in [1.807, 2.05) is 72.8 Å². The summed E-state index contributed by atoms with van der Waals surface area (Å²) in [4.78, 5) is 0. The first kappa shape index (κ1) is 14.5. The van der Waals surface area contributed by atoms with Gasteiger partial charge in [0.15, 0.2) is 0 Å². The zero-order valence-electron chi connectivity index (χ0n) is 12.3. The summed E-state index contributed by atoms with van der Waals surface area (Å²) in [7, 11) is 0. The fraction of sp³-hybridized carbons (Fsp3) is 0.0526. The number of hydrogen-bond acceptors (Lipinski definition) is 2. The summed E-state index contributed by atoms with van der Waals surface area (Å²) in [6.45, 7) is 2.06. The molecule has 22 heavy (non-hydrogen) atoms. The highest BCUT2D eigenvalue weighted by molar-refractivity contribution is 6.36. The molecule has 0 spiro atoms. The van der Waals surface area contributed by atoms with Crippen LogP contribution in [0.2, 0.25) is 5.02 Å². The number of aryl methyl sites for hydroxylation is 1. The monoisotopic (exact) mass is 308 g/mol. The number of halogens is 1. The van der Waals surface area contributed by atoms with Crippen molar-refractivity contribution in [3.8, 4) is 0 Å². The summed E-state index contributed by atoms with van der Waals surface area (Å²) in [5.74, 6) is 0. The molecule has 0 saturated heterocycles. The number of benzene rings is 3. The number of hydrogen-bond donors (Lipinski definition) is 2. The Labute approximate surface area is 135 Å². The van der Waals surface area contributed by atoms with Crippen molar-refractivity contribution in [3.05, 3.63) is 83.4 Å². The van der Waals surface area contributed by atoms with Gasteiger partial charge in [-0.15, -0.1) is 0 Å². The molecule has 0 amide bonds. The minimum absolute atomic E-state index is 0.679. The molecule has 0 bridgehead atoms. The maximum atomic E-state index is 6.56. The highest BCUT2D eigenvalue weighted by Crippen LogP contribution is 2.35. The fourth-order valence-corrected chi connectivity index (χ4v) is 2.51. The second kappa shape index (κ2) is 6.54. The van der Waals surface area contributed by atoms with Gasteiger partial charge >= 0.3 is 0 Å². The van der Waals surface area contributed by atoms with Gasteiger partial charge in [-0.05, 0) is 48.9 Å². The average molecular weight is 309 g/mol. The molecule has 3 aromatic rings. The second-order valence-corrected chi connectivity index (χ2v) is 5.53. The van der Waals surface area contributed by atoms with Crippen LogP contribution in [0.4, 0.5) is 22.7 Å². The normalized spacial score (nSPS) is 10.3. The lowest BCUT2D eigenvalue weighted by molar-refractivity contribution is 1.43. The molecule has 2 N–H and O–H groups in total. The van der Waals surface area contributed by atoms with Crippen LogP contribution in [0, 0.1) is 6.92 Å². The average Bonchev–Trinajstić information content (AvgIpc) is 2.54. The first-order valence-electron chi connectivity index (χ1n) is 7.17. The van der Waals surface area contributed by atoms with Gasteiger partial charge in [0.2, 0.25) is 0 Å². The Bertz CT molecular complexity index is 692. The van der Waals surface area contributed by atoms with Gasteiger partial charge in [-0.25, -0.2) is 0 Å². The summed E-state index contributed by atoms with van der Waals surface area (Å²) in [6.07, 6.45) is 0. The van der Waals surface area contributed by atoms with E-state index < -0.39 is 0 Å². The predicted molar refractivity (Wildman–Crippen MR) is 95.6 cm³/mol. The van der Waals surface area contributed by atoms with Gasteiger partial charge in [-0.2, -0.15) is 0 Å². The molecule has 0 heterocycles. The molecule has 2 nitrogen and oxygen atoms in total. The minimum Gasteiger partial charge on any atom is -0.354 e. The summed E-state index contributed by atoms with van der Waals surface area (Å²) in [5, 5.41) is 7.41. The van der Waals surface area contributed by atoms with Crippen LogP contribution in [0.5, 0.6) is 0 Å². The molecule has 0 unspecified atom stereocenters. The maximum absolute atomic E-state index is 6.56. The molecular weight excluding hydrogens is 292 g/mol. The largest absolute Gasteiger partial charge is 0.354 e. The third-order valence-corrected chi connectivity index (χ3v) is 3.73. The van der Waals surface area contributed by atoms with Crippen molar-refractivity contribution in [2.75, 3.05) is 10.6 Å². The molecule has 0 aliphatic heterocycles. The Morgan fingerprint density at radius 3 is 1.50 bits per heavy atom. The topological polar surface area (TPSA) is 24.1 Å². The zero-order chi connectivity index (χ0) is 15.4. The van der Waals surface area contributed by atoms with Gasteiger partial charge in [0, 0.05) is 11.4 Å². The van der Waals surface area contributed by atoms with Gasteiger partial charge in [-0.3, -0.25) is 0 Å². The van der Waals surface area contributed by atoms with E-state index >= 15 is 0 Å². The Morgan fingerprint density at radius 2 is 1.09 bits per heavy atom. The van der Waals surface area contributed by atoms with Crippen LogP contribution in [0.3, 0.4) is 0 Å². The van der Waals surface area contributed by atoms with E-state index in [0.717, 1.165) is 28.3 Å². The van der Waals surface area contributed by atoms with Crippen LogP contribution in [-0.2, 0) is 0 Å². The molecular formula is C19H17ClN2. The van der Waals surface area contributed by atoms with Crippen LogP contribution >= 0.6 is 11.6 Å². The molecule has 3 heteroatoms. The molecule has 0 aliphatic carbocycles. The van der Waals surface area contributed by atoms with Crippen LogP contribution < -0.4 is 10.6 Å². The lowest BCUT2D eigenvalue weighted by Gasteiger charge is -2.15. The van der Waals surface area contributed by atoms with E-state index in [-0.39, 0.29) is 0 Å². The number of para-hydroxylation sites is 2. The molecule has 0 aliphatic rings. The molecule has 0 saturated carbocycles. The highest BCUT2D eigenvalue weighted by Gasteiger charge is 2.08. The molecule has 0 atom stereocenters. The highest BCUT2D eigenvalue weighted by atomic mass is 35.5. The van der Waals surface area contributed by atoms with Crippen molar-refractivity contribution in [1.82, 2.24) is 0 Å². The van der Waals surface area contributed by atoms with E-state index in [9.17, 15) is 0 Å². The summed E-state index contributed by atoms with van der Waals surface area (Å²) < 4.78 is 0. The Kier molecular flexibility index (Phi) is 4.31. The molecule has 3 aromatic carbocycles. The Hall–Kier alpha value is -2.45. The summed E-state index contributed by atoms with van der Waals surface area (Å²) >= 11 is 6.56. The summed E-state index contributed by atoms with van der Waals surface area (Å²) in [6, 6.07) is 24.1. The van der Waals surface area contributed by atoms with E-state index in [1.165, 1.54) is 0 Å². The van der Waals surface area contributed by atoms with Crippen molar-refractivity contribution < 1.29 is 0 Å². The minimum atomic E-state index is 0.679. The van der Waals surface area contributed by atoms with Gasteiger partial charge in [0.05, 0.1) is 16.4 Å². The maximum Gasteiger partial charge on any atom is 0.0875 e. The first-order chi connectivity index (χ1) is 10.7. The van der Waals surface area contributed by atoms with Crippen molar-refractivity contribution in [2.45, 2.75) is 6.92 Å². The third kappa shape index (κ3) is 3.41. The van der Waals surface area contributed by atoms with Gasteiger partial charge in [0.1, 0.15) is 0 Å². The van der Waals surface area contributed by atoms with Gasteiger partial charge < -0.3 is 10.6 Å². The van der Waals surface area contributed by atoms with Crippen LogP contribution in [0.15, 0.2) is 72.8 Å². The van der Waals surface area contributed by atoms with Crippen LogP contribution in [0.1, 0.15) is 5.56 Å². The van der Waals surface area contributed by atoms with Gasteiger partial charge in [0.25, 0.3) is 0 Å². The molecule has 0 fully saturated rings. The van der Waals surface area contributed by atoms with Crippen LogP contribution in [-0.4, -0.2) is 0 Å². The standard InChI is InChI=1S/C19H17ClN2/c1-14-12-17(21-15-8-4-2-5-9-15)19(20)18(13-14)22-16-10-6-3-7-11-16/h2-13,21-22H,1H3. The predicted octanol–water partition coefficient (Wildman–Crippen LogP) is 6.14. The first-order valence-corrected chi connectivity index (χ1v) is 7.54. The number of anilines is 4. The molecule has 110 valence electrons.